The molecule has 2 aliphatic heterocycles. The summed E-state index contributed by atoms with van der Waals surface area (Å²) in [6.45, 7) is 8.58. The standard InChI is InChI=1S/C14H27N3O/c1-5-6-12-15-13(10(2)3)14(18)17(12)11-7-8-16(4)9-11/h10-13,15H,5-9H2,1-4H3. The summed E-state index contributed by atoms with van der Waals surface area (Å²) in [4.78, 5) is 17.0. The van der Waals surface area contributed by atoms with Crippen LogP contribution in [0.5, 0.6) is 0 Å². The van der Waals surface area contributed by atoms with Gasteiger partial charge in [0, 0.05) is 12.6 Å². The monoisotopic (exact) mass is 253 g/mol. The van der Waals surface area contributed by atoms with Crippen LogP contribution in [0.1, 0.15) is 40.0 Å². The van der Waals surface area contributed by atoms with Crippen molar-refractivity contribution in [3.63, 3.8) is 0 Å². The van der Waals surface area contributed by atoms with Gasteiger partial charge < -0.3 is 9.80 Å². The summed E-state index contributed by atoms with van der Waals surface area (Å²) in [7, 11) is 2.14. The van der Waals surface area contributed by atoms with Gasteiger partial charge in [-0.3, -0.25) is 10.1 Å². The first kappa shape index (κ1) is 13.8. The van der Waals surface area contributed by atoms with E-state index >= 15 is 0 Å². The minimum Gasteiger partial charge on any atom is -0.321 e. The topological polar surface area (TPSA) is 35.6 Å². The van der Waals surface area contributed by atoms with Crippen molar-refractivity contribution in [3.8, 4) is 0 Å². The molecule has 1 N–H and O–H groups in total. The minimum atomic E-state index is 0.0208. The third kappa shape index (κ3) is 2.54. The smallest absolute Gasteiger partial charge is 0.241 e. The Hall–Kier alpha value is -0.610. The number of rotatable bonds is 4. The highest BCUT2D eigenvalue weighted by Gasteiger charge is 2.44. The minimum absolute atomic E-state index is 0.0208. The first-order chi connectivity index (χ1) is 8.54. The molecule has 0 bridgehead atoms. The van der Waals surface area contributed by atoms with Crippen molar-refractivity contribution in [1.29, 1.82) is 0 Å². The molecule has 0 aromatic carbocycles. The van der Waals surface area contributed by atoms with Crippen molar-refractivity contribution >= 4 is 5.91 Å². The second-order valence-corrected chi connectivity index (χ2v) is 6.14. The zero-order valence-electron chi connectivity index (χ0n) is 12.1. The number of hydrogen-bond donors (Lipinski definition) is 1. The molecule has 3 atom stereocenters. The van der Waals surface area contributed by atoms with Gasteiger partial charge in [0.15, 0.2) is 0 Å². The van der Waals surface area contributed by atoms with Gasteiger partial charge in [0.05, 0.1) is 12.2 Å². The van der Waals surface area contributed by atoms with Crippen LogP contribution in [-0.2, 0) is 4.79 Å². The summed E-state index contributed by atoms with van der Waals surface area (Å²) >= 11 is 0. The van der Waals surface area contributed by atoms with E-state index in [1.54, 1.807) is 0 Å². The Morgan fingerprint density at radius 1 is 1.44 bits per heavy atom. The van der Waals surface area contributed by atoms with Crippen LogP contribution in [-0.4, -0.2) is 54.1 Å². The van der Waals surface area contributed by atoms with Crippen LogP contribution in [0.4, 0.5) is 0 Å². The van der Waals surface area contributed by atoms with E-state index < -0.39 is 0 Å². The third-order valence-corrected chi connectivity index (χ3v) is 4.22. The number of nitrogens with zero attached hydrogens (tertiary/aromatic N) is 2. The molecule has 2 rings (SSSR count). The van der Waals surface area contributed by atoms with Gasteiger partial charge >= 0.3 is 0 Å². The van der Waals surface area contributed by atoms with Crippen molar-refractivity contribution < 1.29 is 4.79 Å². The van der Waals surface area contributed by atoms with Gasteiger partial charge in [-0.05, 0) is 32.4 Å². The van der Waals surface area contributed by atoms with Crippen molar-refractivity contribution in [1.82, 2.24) is 15.1 Å². The predicted molar refractivity (Wildman–Crippen MR) is 73.2 cm³/mol. The molecule has 4 heteroatoms. The molecule has 0 aromatic heterocycles. The number of nitrogens with one attached hydrogen (secondary N) is 1. The molecule has 0 aliphatic carbocycles. The van der Waals surface area contributed by atoms with Gasteiger partial charge in [0.1, 0.15) is 0 Å². The van der Waals surface area contributed by atoms with Gasteiger partial charge in [-0.25, -0.2) is 0 Å². The van der Waals surface area contributed by atoms with Crippen LogP contribution in [0.25, 0.3) is 0 Å². The molecule has 104 valence electrons. The largest absolute Gasteiger partial charge is 0.321 e. The van der Waals surface area contributed by atoms with Crippen molar-refractivity contribution in [2.24, 2.45) is 5.92 Å². The molecule has 4 nitrogen and oxygen atoms in total. The summed E-state index contributed by atoms with van der Waals surface area (Å²) in [6.07, 6.45) is 3.56. The van der Waals surface area contributed by atoms with E-state index in [4.69, 9.17) is 0 Å². The number of likely N-dealkylation sites (tertiary alicyclic amines) is 1. The molecular weight excluding hydrogens is 226 g/mol. The van der Waals surface area contributed by atoms with E-state index in [-0.39, 0.29) is 12.2 Å². The molecule has 0 aromatic rings. The first-order valence-electron chi connectivity index (χ1n) is 7.31. The number of carbonyl (C=O) groups excluding carboxylic acids is 1. The lowest BCUT2D eigenvalue weighted by molar-refractivity contribution is -0.132. The summed E-state index contributed by atoms with van der Waals surface area (Å²) in [5, 5.41) is 3.54. The Morgan fingerprint density at radius 2 is 2.17 bits per heavy atom. The van der Waals surface area contributed by atoms with E-state index in [1.807, 2.05) is 0 Å². The molecule has 3 unspecified atom stereocenters. The zero-order valence-corrected chi connectivity index (χ0v) is 12.1. The van der Waals surface area contributed by atoms with Crippen molar-refractivity contribution in [2.45, 2.75) is 58.3 Å². The Kier molecular flexibility index (Phi) is 4.28. The molecule has 0 radical (unpaired) electrons. The normalized spacial score (nSPS) is 33.9. The van der Waals surface area contributed by atoms with Gasteiger partial charge in [-0.1, -0.05) is 27.2 Å². The van der Waals surface area contributed by atoms with Gasteiger partial charge in [0.25, 0.3) is 0 Å². The Morgan fingerprint density at radius 3 is 2.67 bits per heavy atom. The molecular formula is C14H27N3O. The van der Waals surface area contributed by atoms with Crippen LogP contribution >= 0.6 is 0 Å². The predicted octanol–water partition coefficient (Wildman–Crippen LogP) is 1.27. The summed E-state index contributed by atoms with van der Waals surface area (Å²) in [5.41, 5.74) is 0. The van der Waals surface area contributed by atoms with Gasteiger partial charge in [-0.15, -0.1) is 0 Å². The quantitative estimate of drug-likeness (QED) is 0.819. The Bertz CT molecular complexity index is 305. The van der Waals surface area contributed by atoms with E-state index in [0.717, 1.165) is 32.4 Å². The summed E-state index contributed by atoms with van der Waals surface area (Å²) < 4.78 is 0. The Labute approximate surface area is 111 Å². The summed E-state index contributed by atoms with van der Waals surface area (Å²) in [6, 6.07) is 0.433. The maximum Gasteiger partial charge on any atom is 0.241 e. The molecule has 2 heterocycles. The number of carbonyl (C=O) groups is 1. The SMILES string of the molecule is CCCC1NC(C(C)C)C(=O)N1C1CCN(C)C1. The fourth-order valence-electron chi connectivity index (χ4n) is 3.22. The lowest BCUT2D eigenvalue weighted by Gasteiger charge is -2.30. The molecule has 1 amide bonds. The van der Waals surface area contributed by atoms with Crippen LogP contribution in [0, 0.1) is 5.92 Å². The lowest BCUT2D eigenvalue weighted by Crippen LogP contribution is -2.45. The zero-order chi connectivity index (χ0) is 13.3. The summed E-state index contributed by atoms with van der Waals surface area (Å²) in [5.74, 6) is 0.699. The van der Waals surface area contributed by atoms with Crippen molar-refractivity contribution in [3.05, 3.63) is 0 Å². The van der Waals surface area contributed by atoms with E-state index in [0.29, 0.717) is 17.9 Å². The number of likely N-dealkylation sites (N-methyl/N-ethyl adjacent to an activating group) is 1. The molecule has 0 saturated carbocycles. The molecule has 2 saturated heterocycles. The van der Waals surface area contributed by atoms with Crippen LogP contribution in [0.3, 0.4) is 0 Å². The maximum absolute atomic E-state index is 12.6. The average Bonchev–Trinajstić information content (AvgIpc) is 2.84. The second kappa shape index (κ2) is 5.57. The van der Waals surface area contributed by atoms with Crippen LogP contribution in [0.15, 0.2) is 0 Å². The fourth-order valence-corrected chi connectivity index (χ4v) is 3.22. The van der Waals surface area contributed by atoms with E-state index in [2.05, 4.69) is 42.9 Å². The van der Waals surface area contributed by atoms with E-state index in [1.165, 1.54) is 0 Å². The lowest BCUT2D eigenvalue weighted by atomic mass is 10.0. The fraction of sp³-hybridized carbons (Fsp3) is 0.929. The Balaban J connectivity index is 2.11. The number of amides is 1. The molecule has 2 aliphatic rings. The van der Waals surface area contributed by atoms with Gasteiger partial charge in [-0.2, -0.15) is 0 Å². The van der Waals surface area contributed by atoms with Crippen LogP contribution in [0.2, 0.25) is 0 Å². The highest BCUT2D eigenvalue weighted by Crippen LogP contribution is 2.26. The molecule has 0 spiro atoms. The second-order valence-electron chi connectivity index (χ2n) is 6.14. The highest BCUT2D eigenvalue weighted by atomic mass is 16.2. The van der Waals surface area contributed by atoms with E-state index in [9.17, 15) is 4.79 Å². The maximum atomic E-state index is 12.6. The van der Waals surface area contributed by atoms with Gasteiger partial charge in [0.2, 0.25) is 5.91 Å². The van der Waals surface area contributed by atoms with Crippen molar-refractivity contribution in [2.75, 3.05) is 20.1 Å². The highest BCUT2D eigenvalue weighted by molar-refractivity contribution is 5.85. The number of hydrogen-bond acceptors (Lipinski definition) is 3. The first-order valence-corrected chi connectivity index (χ1v) is 7.31. The third-order valence-electron chi connectivity index (χ3n) is 4.22. The molecule has 18 heavy (non-hydrogen) atoms. The molecule has 2 fully saturated rings. The van der Waals surface area contributed by atoms with Crippen LogP contribution < -0.4 is 5.32 Å². The average molecular weight is 253 g/mol.